The van der Waals surface area contributed by atoms with Crippen molar-refractivity contribution in [3.8, 4) is 0 Å². The molecule has 1 aliphatic carbocycles. The summed E-state index contributed by atoms with van der Waals surface area (Å²) in [5.41, 5.74) is 6.04. The molecule has 2 aromatic rings. The standard InChI is InChI=1S/C20H21NO/c1-21-16-9-15(10-17(21)12-22-11-16)18-8-7-14-6-5-13-3-2-4-19(18)20(13)14/h2-4,7-9,16-17H,5-6,10-12H2,1H3. The highest BCUT2D eigenvalue weighted by Crippen LogP contribution is 2.39. The zero-order chi connectivity index (χ0) is 14.7. The molecule has 2 bridgehead atoms. The molecule has 112 valence electrons. The molecule has 2 aliphatic heterocycles. The minimum absolute atomic E-state index is 0.436. The third-order valence-electron chi connectivity index (χ3n) is 5.77. The summed E-state index contributed by atoms with van der Waals surface area (Å²) in [5, 5.41) is 2.99. The second kappa shape index (κ2) is 4.68. The lowest BCUT2D eigenvalue weighted by atomic mass is 9.87. The van der Waals surface area contributed by atoms with E-state index in [2.05, 4.69) is 48.4 Å². The summed E-state index contributed by atoms with van der Waals surface area (Å²) in [6.45, 7) is 1.70. The van der Waals surface area contributed by atoms with E-state index in [4.69, 9.17) is 4.74 Å². The van der Waals surface area contributed by atoms with Gasteiger partial charge in [0.05, 0.1) is 19.3 Å². The summed E-state index contributed by atoms with van der Waals surface area (Å²) in [4.78, 5) is 2.48. The largest absolute Gasteiger partial charge is 0.378 e. The van der Waals surface area contributed by atoms with Crippen LogP contribution in [0, 0.1) is 0 Å². The van der Waals surface area contributed by atoms with Crippen molar-refractivity contribution in [1.29, 1.82) is 0 Å². The van der Waals surface area contributed by atoms with Gasteiger partial charge in [0.2, 0.25) is 0 Å². The Bertz CT molecular complexity index is 781. The monoisotopic (exact) mass is 291 g/mol. The number of benzene rings is 2. The van der Waals surface area contributed by atoms with Gasteiger partial charge >= 0.3 is 0 Å². The maximum absolute atomic E-state index is 5.74. The van der Waals surface area contributed by atoms with Crippen LogP contribution in [-0.2, 0) is 17.6 Å². The van der Waals surface area contributed by atoms with Crippen LogP contribution in [0.1, 0.15) is 23.1 Å². The Labute approximate surface area is 131 Å². The van der Waals surface area contributed by atoms with E-state index in [-0.39, 0.29) is 0 Å². The van der Waals surface area contributed by atoms with Crippen LogP contribution >= 0.6 is 0 Å². The molecule has 2 atom stereocenters. The normalized spacial score (nSPS) is 27.2. The number of rotatable bonds is 1. The lowest BCUT2D eigenvalue weighted by Gasteiger charge is -2.42. The van der Waals surface area contributed by atoms with Gasteiger partial charge in [0.1, 0.15) is 0 Å². The van der Waals surface area contributed by atoms with Gasteiger partial charge in [-0.2, -0.15) is 0 Å². The smallest absolute Gasteiger partial charge is 0.0658 e. The molecule has 0 N–H and O–H groups in total. The molecular weight excluding hydrogens is 270 g/mol. The summed E-state index contributed by atoms with van der Waals surface area (Å²) in [6.07, 6.45) is 5.95. The van der Waals surface area contributed by atoms with Crippen molar-refractivity contribution in [1.82, 2.24) is 4.90 Å². The Kier molecular flexibility index (Phi) is 2.73. The number of nitrogens with zero attached hydrogens (tertiary/aromatic N) is 1. The summed E-state index contributed by atoms with van der Waals surface area (Å²) in [5.74, 6) is 0. The molecule has 5 rings (SSSR count). The minimum atomic E-state index is 0.436. The molecular formula is C20H21NO. The average molecular weight is 291 g/mol. The first-order valence-electron chi connectivity index (χ1n) is 8.35. The Morgan fingerprint density at radius 3 is 2.77 bits per heavy atom. The van der Waals surface area contributed by atoms with Crippen molar-refractivity contribution < 1.29 is 4.74 Å². The van der Waals surface area contributed by atoms with Crippen LogP contribution < -0.4 is 0 Å². The predicted octanol–water partition coefficient (Wildman–Crippen LogP) is 3.42. The van der Waals surface area contributed by atoms with E-state index in [1.54, 1.807) is 0 Å². The third-order valence-corrected chi connectivity index (χ3v) is 5.77. The Morgan fingerprint density at radius 1 is 1.05 bits per heavy atom. The quantitative estimate of drug-likeness (QED) is 0.798. The van der Waals surface area contributed by atoms with E-state index in [1.807, 2.05) is 0 Å². The van der Waals surface area contributed by atoms with Crippen molar-refractivity contribution in [3.63, 3.8) is 0 Å². The summed E-state index contributed by atoms with van der Waals surface area (Å²) in [7, 11) is 2.23. The zero-order valence-electron chi connectivity index (χ0n) is 13.0. The van der Waals surface area contributed by atoms with Gasteiger partial charge in [-0.15, -0.1) is 0 Å². The van der Waals surface area contributed by atoms with Gasteiger partial charge in [-0.05, 0) is 59.3 Å². The highest BCUT2D eigenvalue weighted by molar-refractivity contribution is 5.99. The van der Waals surface area contributed by atoms with Crippen LogP contribution in [0.2, 0.25) is 0 Å². The number of likely N-dealkylation sites (N-methyl/N-ethyl adjacent to an activating group) is 1. The van der Waals surface area contributed by atoms with Crippen LogP contribution in [0.3, 0.4) is 0 Å². The van der Waals surface area contributed by atoms with Crippen LogP contribution in [0.15, 0.2) is 36.4 Å². The molecule has 2 heterocycles. The lowest BCUT2D eigenvalue weighted by molar-refractivity contribution is -0.0221. The molecule has 2 nitrogen and oxygen atoms in total. The fourth-order valence-corrected chi connectivity index (χ4v) is 4.48. The van der Waals surface area contributed by atoms with Crippen LogP contribution in [0.25, 0.3) is 16.3 Å². The first-order valence-corrected chi connectivity index (χ1v) is 8.35. The van der Waals surface area contributed by atoms with Crippen molar-refractivity contribution >= 4 is 16.3 Å². The topological polar surface area (TPSA) is 12.5 Å². The van der Waals surface area contributed by atoms with Gasteiger partial charge in [0.15, 0.2) is 0 Å². The fraction of sp³-hybridized carbons (Fsp3) is 0.400. The van der Waals surface area contributed by atoms with Gasteiger partial charge in [0.25, 0.3) is 0 Å². The number of hydrogen-bond acceptors (Lipinski definition) is 2. The maximum Gasteiger partial charge on any atom is 0.0658 e. The Hall–Kier alpha value is -1.64. The molecule has 0 radical (unpaired) electrons. The SMILES string of the molecule is CN1C2C=C(c3ccc4c5c(cccc35)CC4)CC1COC2. The summed E-state index contributed by atoms with van der Waals surface area (Å²) >= 11 is 0. The van der Waals surface area contributed by atoms with E-state index < -0.39 is 0 Å². The Morgan fingerprint density at radius 2 is 1.91 bits per heavy atom. The second-order valence-electron chi connectivity index (χ2n) is 6.93. The maximum atomic E-state index is 5.74. The van der Waals surface area contributed by atoms with E-state index in [0.29, 0.717) is 12.1 Å². The number of ether oxygens (including phenoxy) is 1. The minimum Gasteiger partial charge on any atom is -0.378 e. The summed E-state index contributed by atoms with van der Waals surface area (Å²) < 4.78 is 5.74. The Balaban J connectivity index is 1.69. The molecule has 2 aromatic carbocycles. The third kappa shape index (κ3) is 1.74. The van der Waals surface area contributed by atoms with Gasteiger partial charge in [-0.1, -0.05) is 36.4 Å². The van der Waals surface area contributed by atoms with E-state index >= 15 is 0 Å². The highest BCUT2D eigenvalue weighted by atomic mass is 16.5. The molecule has 2 heteroatoms. The number of fused-ring (bicyclic) bond motifs is 2. The average Bonchev–Trinajstić information content (AvgIpc) is 2.93. The van der Waals surface area contributed by atoms with E-state index in [9.17, 15) is 0 Å². The number of aryl methyl sites for hydroxylation is 2. The highest BCUT2D eigenvalue weighted by Gasteiger charge is 2.32. The zero-order valence-corrected chi connectivity index (χ0v) is 13.0. The van der Waals surface area contributed by atoms with Crippen LogP contribution in [-0.4, -0.2) is 37.2 Å². The molecule has 3 aliphatic rings. The molecule has 2 unspecified atom stereocenters. The lowest BCUT2D eigenvalue weighted by Crippen LogP contribution is -2.51. The van der Waals surface area contributed by atoms with Gasteiger partial charge in [-0.25, -0.2) is 0 Å². The number of morpholine rings is 1. The van der Waals surface area contributed by atoms with Crippen LogP contribution in [0.4, 0.5) is 0 Å². The fourth-order valence-electron chi connectivity index (χ4n) is 4.48. The summed E-state index contributed by atoms with van der Waals surface area (Å²) in [6, 6.07) is 12.5. The predicted molar refractivity (Wildman–Crippen MR) is 90.1 cm³/mol. The molecule has 1 saturated heterocycles. The van der Waals surface area contributed by atoms with Gasteiger partial charge in [-0.3, -0.25) is 4.90 Å². The first-order chi connectivity index (χ1) is 10.8. The van der Waals surface area contributed by atoms with Crippen LogP contribution in [0.5, 0.6) is 0 Å². The van der Waals surface area contributed by atoms with E-state index in [1.165, 1.54) is 45.9 Å². The molecule has 0 spiro atoms. The molecule has 0 aromatic heterocycles. The van der Waals surface area contributed by atoms with E-state index in [0.717, 1.165) is 19.6 Å². The second-order valence-corrected chi connectivity index (χ2v) is 6.93. The first kappa shape index (κ1) is 12.9. The van der Waals surface area contributed by atoms with Crippen molar-refractivity contribution in [2.45, 2.75) is 31.3 Å². The molecule has 1 fully saturated rings. The van der Waals surface area contributed by atoms with Gasteiger partial charge in [0, 0.05) is 6.04 Å². The molecule has 0 amide bonds. The van der Waals surface area contributed by atoms with Crippen molar-refractivity contribution in [2.75, 3.05) is 20.3 Å². The van der Waals surface area contributed by atoms with Crippen molar-refractivity contribution in [2.24, 2.45) is 0 Å². The van der Waals surface area contributed by atoms with Crippen molar-refractivity contribution in [3.05, 3.63) is 53.1 Å². The van der Waals surface area contributed by atoms with Gasteiger partial charge < -0.3 is 4.74 Å². The molecule has 22 heavy (non-hydrogen) atoms. The number of hydrogen-bond donors (Lipinski definition) is 0. The molecule has 0 saturated carbocycles.